The fraction of sp³-hybridized carbons (Fsp3) is 0.545. The van der Waals surface area contributed by atoms with E-state index in [0.29, 0.717) is 5.56 Å². The molecule has 0 aliphatic carbocycles. The first-order valence-electron chi connectivity index (χ1n) is 16.4. The molecule has 20 heteroatoms. The molecule has 2 aromatic carbocycles. The molecule has 1 aromatic heterocycles. The lowest BCUT2D eigenvalue weighted by Crippen LogP contribution is -2.62. The van der Waals surface area contributed by atoms with E-state index < -0.39 is 140 Å². The van der Waals surface area contributed by atoms with E-state index in [1.54, 1.807) is 0 Å². The van der Waals surface area contributed by atoms with Crippen molar-refractivity contribution in [3.05, 3.63) is 52.2 Å². The quantitative estimate of drug-likeness (QED) is 0.0976. The van der Waals surface area contributed by atoms with Gasteiger partial charge in [0.25, 0.3) is 0 Å². The van der Waals surface area contributed by atoms with Gasteiger partial charge in [-0.2, -0.15) is 0 Å². The number of fused-ring (bicyclic) bond motifs is 1. The number of benzene rings is 2. The normalized spacial score (nSPS) is 37.8. The molecule has 0 amide bonds. The number of hydrogen-bond acceptors (Lipinski definition) is 20. The molecule has 0 bridgehead atoms. The average molecular weight is 757 g/mol. The van der Waals surface area contributed by atoms with Crippen molar-refractivity contribution in [3.8, 4) is 28.6 Å². The predicted octanol–water partition coefficient (Wildman–Crippen LogP) is -4.61. The van der Waals surface area contributed by atoms with Gasteiger partial charge in [-0.05, 0) is 24.3 Å². The minimum atomic E-state index is -2.07. The van der Waals surface area contributed by atoms with Gasteiger partial charge in [0.05, 0.1) is 25.4 Å². The van der Waals surface area contributed by atoms with Crippen LogP contribution in [-0.4, -0.2) is 172 Å². The summed E-state index contributed by atoms with van der Waals surface area (Å²) in [6, 6.07) is 7.53. The molecule has 15 atom stereocenters. The van der Waals surface area contributed by atoms with Gasteiger partial charge in [-0.1, -0.05) is 0 Å². The second kappa shape index (κ2) is 15.7. The van der Waals surface area contributed by atoms with E-state index in [9.17, 15) is 71.2 Å². The van der Waals surface area contributed by atoms with Crippen LogP contribution in [0.2, 0.25) is 0 Å². The second-order valence-electron chi connectivity index (χ2n) is 12.9. The Kier molecular flexibility index (Phi) is 11.6. The zero-order chi connectivity index (χ0) is 38.5. The van der Waals surface area contributed by atoms with Crippen molar-refractivity contribution in [3.63, 3.8) is 0 Å². The third-order valence-corrected chi connectivity index (χ3v) is 9.53. The number of aromatic hydroxyl groups is 2. The molecular weight excluding hydrogens is 716 g/mol. The summed E-state index contributed by atoms with van der Waals surface area (Å²) in [4.78, 5) is 13.6. The van der Waals surface area contributed by atoms with Gasteiger partial charge in [0.15, 0.2) is 11.7 Å². The van der Waals surface area contributed by atoms with Crippen LogP contribution in [0, 0.1) is 0 Å². The van der Waals surface area contributed by atoms with Gasteiger partial charge in [0.1, 0.15) is 113 Å². The van der Waals surface area contributed by atoms with Crippen molar-refractivity contribution in [2.75, 3.05) is 19.8 Å². The van der Waals surface area contributed by atoms with Crippen molar-refractivity contribution in [1.29, 1.82) is 0 Å². The van der Waals surface area contributed by atoms with Crippen LogP contribution in [-0.2, 0) is 18.9 Å². The van der Waals surface area contributed by atoms with Crippen LogP contribution in [0.5, 0.6) is 17.2 Å². The second-order valence-corrected chi connectivity index (χ2v) is 12.9. The summed E-state index contributed by atoms with van der Waals surface area (Å²) in [5.74, 6) is -1.67. The number of aliphatic hydroxyl groups excluding tert-OH is 11. The minimum absolute atomic E-state index is 0.0509. The molecule has 3 aliphatic heterocycles. The fourth-order valence-corrected chi connectivity index (χ4v) is 6.53. The maximum absolute atomic E-state index is 13.6. The summed E-state index contributed by atoms with van der Waals surface area (Å²) >= 11 is 0. The molecular formula is C33H40O20. The Hall–Kier alpha value is -3.55. The Morgan fingerprint density at radius 3 is 1.74 bits per heavy atom. The van der Waals surface area contributed by atoms with Gasteiger partial charge in [-0.25, -0.2) is 0 Å². The maximum Gasteiger partial charge on any atom is 0.229 e. The summed E-state index contributed by atoms with van der Waals surface area (Å²) in [5, 5.41) is 136. The molecule has 3 aromatic rings. The first-order chi connectivity index (χ1) is 25.2. The standard InChI is InChI=1S/C33H40O20/c34-7-16-23(41)27(45)31(53-33-29(47)26(44)22(40)18(9-36)52-33)30(49-16)20-15(50-32-28(46)25(43)21(39)17(8-35)51-32)6-14-19(24(20)42)12(38)5-13(48-14)10-1-3-11(37)4-2-10/h1-6,16-18,21-23,25-37,39-47H,7-9H2. The van der Waals surface area contributed by atoms with Crippen LogP contribution in [0.1, 0.15) is 11.7 Å². The number of hydrogen-bond donors (Lipinski definition) is 13. The molecule has 20 nitrogen and oxygen atoms in total. The van der Waals surface area contributed by atoms with E-state index in [1.807, 2.05) is 0 Å². The number of rotatable bonds is 9. The molecule has 15 unspecified atom stereocenters. The molecule has 53 heavy (non-hydrogen) atoms. The van der Waals surface area contributed by atoms with Crippen LogP contribution in [0.25, 0.3) is 22.3 Å². The molecule has 292 valence electrons. The molecule has 4 heterocycles. The van der Waals surface area contributed by atoms with Gasteiger partial charge < -0.3 is 94.5 Å². The van der Waals surface area contributed by atoms with Crippen LogP contribution < -0.4 is 10.2 Å². The molecule has 0 radical (unpaired) electrons. The lowest BCUT2D eigenvalue weighted by Gasteiger charge is -2.46. The highest BCUT2D eigenvalue weighted by molar-refractivity contribution is 5.88. The minimum Gasteiger partial charge on any atom is -0.508 e. The average Bonchev–Trinajstić information content (AvgIpc) is 3.14. The highest BCUT2D eigenvalue weighted by Gasteiger charge is 2.53. The van der Waals surface area contributed by atoms with Crippen molar-refractivity contribution >= 4 is 11.0 Å². The first-order valence-corrected chi connectivity index (χ1v) is 16.4. The van der Waals surface area contributed by atoms with Crippen molar-refractivity contribution in [2.24, 2.45) is 0 Å². The van der Waals surface area contributed by atoms with E-state index in [4.69, 9.17) is 28.1 Å². The third-order valence-electron chi connectivity index (χ3n) is 9.53. The highest BCUT2D eigenvalue weighted by Crippen LogP contribution is 2.47. The Morgan fingerprint density at radius 1 is 0.623 bits per heavy atom. The zero-order valence-electron chi connectivity index (χ0n) is 27.4. The number of aliphatic hydroxyl groups is 11. The monoisotopic (exact) mass is 756 g/mol. The van der Waals surface area contributed by atoms with Crippen LogP contribution in [0.4, 0.5) is 0 Å². The molecule has 3 fully saturated rings. The Labute approximate surface area is 298 Å². The number of phenols is 2. The number of ether oxygens (including phenoxy) is 5. The Bertz CT molecular complexity index is 1780. The van der Waals surface area contributed by atoms with Crippen LogP contribution in [0.15, 0.2) is 45.6 Å². The van der Waals surface area contributed by atoms with E-state index >= 15 is 0 Å². The van der Waals surface area contributed by atoms with E-state index in [-0.39, 0.29) is 17.1 Å². The van der Waals surface area contributed by atoms with Crippen LogP contribution >= 0.6 is 0 Å². The summed E-state index contributed by atoms with van der Waals surface area (Å²) in [7, 11) is 0. The molecule has 3 aliphatic rings. The van der Waals surface area contributed by atoms with Gasteiger partial charge >= 0.3 is 0 Å². The zero-order valence-corrected chi connectivity index (χ0v) is 27.4. The Morgan fingerprint density at radius 2 is 1.15 bits per heavy atom. The first kappa shape index (κ1) is 39.2. The van der Waals surface area contributed by atoms with Crippen LogP contribution in [0.3, 0.4) is 0 Å². The van der Waals surface area contributed by atoms with Gasteiger partial charge in [-0.15, -0.1) is 0 Å². The lowest BCUT2D eigenvalue weighted by molar-refractivity contribution is -0.342. The number of phenolic OH excluding ortho intramolecular Hbond substituents is 2. The van der Waals surface area contributed by atoms with Gasteiger partial charge in [-0.3, -0.25) is 4.79 Å². The SMILES string of the molecule is O=c1cc(-c2ccc(O)cc2)oc2cc(OC3OC(CO)C(O)C(O)C3O)c(C3OC(CO)C(O)C(O)C3OC3OC(CO)C(O)C(O)C3O)c(O)c12. The lowest BCUT2D eigenvalue weighted by atomic mass is 9.89. The van der Waals surface area contributed by atoms with Crippen molar-refractivity contribution in [1.82, 2.24) is 0 Å². The van der Waals surface area contributed by atoms with Gasteiger partial charge in [0.2, 0.25) is 6.29 Å². The topological polar surface area (TPSA) is 339 Å². The summed E-state index contributed by atoms with van der Waals surface area (Å²) in [5.41, 5.74) is -1.48. The largest absolute Gasteiger partial charge is 0.508 e. The molecule has 0 spiro atoms. The van der Waals surface area contributed by atoms with Crippen molar-refractivity contribution in [2.45, 2.75) is 91.9 Å². The highest BCUT2D eigenvalue weighted by atomic mass is 16.7. The van der Waals surface area contributed by atoms with Gasteiger partial charge in [0, 0.05) is 17.7 Å². The predicted molar refractivity (Wildman–Crippen MR) is 171 cm³/mol. The molecule has 3 saturated heterocycles. The van der Waals surface area contributed by atoms with E-state index in [1.165, 1.54) is 24.3 Å². The summed E-state index contributed by atoms with van der Waals surface area (Å²) < 4.78 is 34.4. The van der Waals surface area contributed by atoms with Crippen molar-refractivity contribution < 1.29 is 94.5 Å². The Balaban J connectivity index is 1.52. The summed E-state index contributed by atoms with van der Waals surface area (Å²) in [6.07, 6.45) is -27.9. The summed E-state index contributed by atoms with van der Waals surface area (Å²) in [6.45, 7) is -2.65. The molecule has 0 saturated carbocycles. The third kappa shape index (κ3) is 7.21. The maximum atomic E-state index is 13.6. The van der Waals surface area contributed by atoms with E-state index in [0.717, 1.165) is 12.1 Å². The van der Waals surface area contributed by atoms with E-state index in [2.05, 4.69) is 0 Å². The smallest absolute Gasteiger partial charge is 0.229 e. The molecule has 13 N–H and O–H groups in total. The fourth-order valence-electron chi connectivity index (χ4n) is 6.53. The molecule has 6 rings (SSSR count).